The van der Waals surface area contributed by atoms with Gasteiger partial charge in [0.1, 0.15) is 5.82 Å². The molecule has 24 heavy (non-hydrogen) atoms. The van der Waals surface area contributed by atoms with E-state index in [-0.39, 0.29) is 35.7 Å². The normalized spacial score (nSPS) is 17.6. The van der Waals surface area contributed by atoms with Gasteiger partial charge in [-0.05, 0) is 42.5 Å². The molecule has 1 aromatic rings. The quantitative estimate of drug-likeness (QED) is 0.785. The SMILES string of the molecule is COC(CNC(=O)CC1(CN)CCCCC1)c1ccc(F)cc1.Cl. The lowest BCUT2D eigenvalue weighted by Gasteiger charge is -2.35. The van der Waals surface area contributed by atoms with Crippen LogP contribution in [-0.2, 0) is 9.53 Å². The first-order chi connectivity index (χ1) is 11.1. The van der Waals surface area contributed by atoms with Gasteiger partial charge in [-0.1, -0.05) is 31.4 Å². The van der Waals surface area contributed by atoms with Crippen LogP contribution in [0.15, 0.2) is 24.3 Å². The second-order valence-corrected chi connectivity index (χ2v) is 6.52. The highest BCUT2D eigenvalue weighted by Gasteiger charge is 2.33. The van der Waals surface area contributed by atoms with E-state index in [9.17, 15) is 9.18 Å². The highest BCUT2D eigenvalue weighted by molar-refractivity contribution is 5.85. The van der Waals surface area contributed by atoms with Crippen LogP contribution in [0.3, 0.4) is 0 Å². The maximum Gasteiger partial charge on any atom is 0.220 e. The number of benzene rings is 1. The molecule has 1 fully saturated rings. The van der Waals surface area contributed by atoms with Crippen molar-refractivity contribution in [2.45, 2.75) is 44.6 Å². The standard InChI is InChI=1S/C18H27FN2O2.ClH/c1-23-16(14-5-7-15(19)8-6-14)12-21-17(22)11-18(13-20)9-3-2-4-10-18;/h5-8,16H,2-4,9-13,20H2,1H3,(H,21,22);1H. The topological polar surface area (TPSA) is 64.3 Å². The van der Waals surface area contributed by atoms with Crippen molar-refractivity contribution in [2.24, 2.45) is 11.1 Å². The average Bonchev–Trinajstić information content (AvgIpc) is 2.57. The summed E-state index contributed by atoms with van der Waals surface area (Å²) in [5, 5.41) is 2.94. The number of methoxy groups -OCH3 is 1. The fourth-order valence-electron chi connectivity index (χ4n) is 3.38. The Kier molecular flexibility index (Phi) is 8.67. The van der Waals surface area contributed by atoms with Crippen molar-refractivity contribution < 1.29 is 13.9 Å². The molecule has 1 aliphatic rings. The van der Waals surface area contributed by atoms with Crippen LogP contribution in [0.2, 0.25) is 0 Å². The first kappa shape index (κ1) is 20.9. The van der Waals surface area contributed by atoms with Crippen molar-refractivity contribution >= 4 is 18.3 Å². The van der Waals surface area contributed by atoms with Crippen LogP contribution in [0.1, 0.15) is 50.2 Å². The molecule has 0 aliphatic heterocycles. The van der Waals surface area contributed by atoms with Gasteiger partial charge in [-0.15, -0.1) is 12.4 Å². The van der Waals surface area contributed by atoms with Crippen molar-refractivity contribution in [1.29, 1.82) is 0 Å². The summed E-state index contributed by atoms with van der Waals surface area (Å²) < 4.78 is 18.4. The Morgan fingerprint density at radius 2 is 1.92 bits per heavy atom. The zero-order valence-corrected chi connectivity index (χ0v) is 15.0. The van der Waals surface area contributed by atoms with Crippen LogP contribution in [0.5, 0.6) is 0 Å². The minimum absolute atomic E-state index is 0. The first-order valence-electron chi connectivity index (χ1n) is 8.33. The number of nitrogens with two attached hydrogens (primary N) is 1. The minimum atomic E-state index is -0.283. The average molecular weight is 359 g/mol. The summed E-state index contributed by atoms with van der Waals surface area (Å²) in [5.41, 5.74) is 6.74. The zero-order valence-electron chi connectivity index (χ0n) is 14.2. The van der Waals surface area contributed by atoms with Gasteiger partial charge in [-0.3, -0.25) is 4.79 Å². The summed E-state index contributed by atoms with van der Waals surface area (Å²) in [6, 6.07) is 6.15. The van der Waals surface area contributed by atoms with E-state index in [1.165, 1.54) is 18.6 Å². The number of hydrogen-bond acceptors (Lipinski definition) is 3. The van der Waals surface area contributed by atoms with Crippen molar-refractivity contribution in [1.82, 2.24) is 5.32 Å². The van der Waals surface area contributed by atoms with E-state index in [4.69, 9.17) is 10.5 Å². The Morgan fingerprint density at radius 3 is 2.46 bits per heavy atom. The van der Waals surface area contributed by atoms with E-state index in [1.54, 1.807) is 19.2 Å². The number of carbonyl (C=O) groups is 1. The predicted octanol–water partition coefficient (Wildman–Crippen LogP) is 3.35. The van der Waals surface area contributed by atoms with Crippen LogP contribution >= 0.6 is 12.4 Å². The third-order valence-electron chi connectivity index (χ3n) is 4.89. The number of amides is 1. The Morgan fingerprint density at radius 1 is 1.29 bits per heavy atom. The molecule has 6 heteroatoms. The number of hydrogen-bond donors (Lipinski definition) is 2. The van der Waals surface area contributed by atoms with E-state index in [0.29, 0.717) is 19.5 Å². The fraction of sp³-hybridized carbons (Fsp3) is 0.611. The zero-order chi connectivity index (χ0) is 16.7. The largest absolute Gasteiger partial charge is 0.375 e. The maximum absolute atomic E-state index is 13.0. The molecule has 0 radical (unpaired) electrons. The second kappa shape index (κ2) is 9.97. The Hall–Kier alpha value is -1.17. The van der Waals surface area contributed by atoms with Crippen molar-refractivity contribution in [3.8, 4) is 0 Å². The van der Waals surface area contributed by atoms with Crippen LogP contribution in [0, 0.1) is 11.2 Å². The Bertz CT molecular complexity index is 504. The minimum Gasteiger partial charge on any atom is -0.375 e. The van der Waals surface area contributed by atoms with Crippen molar-refractivity contribution in [3.05, 3.63) is 35.6 Å². The molecule has 3 N–H and O–H groups in total. The highest BCUT2D eigenvalue weighted by Crippen LogP contribution is 2.38. The molecule has 4 nitrogen and oxygen atoms in total. The molecule has 1 aromatic carbocycles. The summed E-state index contributed by atoms with van der Waals surface area (Å²) in [4.78, 5) is 12.3. The van der Waals surface area contributed by atoms with Crippen molar-refractivity contribution in [3.63, 3.8) is 0 Å². The van der Waals surface area contributed by atoms with Crippen molar-refractivity contribution in [2.75, 3.05) is 20.2 Å². The molecular weight excluding hydrogens is 331 g/mol. The molecule has 2 rings (SSSR count). The van der Waals surface area contributed by atoms with Gasteiger partial charge < -0.3 is 15.8 Å². The highest BCUT2D eigenvalue weighted by atomic mass is 35.5. The van der Waals surface area contributed by atoms with Gasteiger partial charge >= 0.3 is 0 Å². The van der Waals surface area contributed by atoms with Gasteiger partial charge in [0.15, 0.2) is 0 Å². The van der Waals surface area contributed by atoms with Gasteiger partial charge in [0.2, 0.25) is 5.91 Å². The summed E-state index contributed by atoms with van der Waals surface area (Å²) in [5.74, 6) is -0.267. The molecule has 0 heterocycles. The first-order valence-corrected chi connectivity index (χ1v) is 8.33. The lowest BCUT2D eigenvalue weighted by Crippen LogP contribution is -2.39. The number of ether oxygens (including phenoxy) is 1. The lowest BCUT2D eigenvalue weighted by atomic mass is 9.71. The molecule has 1 atom stereocenters. The van der Waals surface area contributed by atoms with E-state index in [1.807, 2.05) is 0 Å². The van der Waals surface area contributed by atoms with E-state index >= 15 is 0 Å². The molecule has 1 aliphatic carbocycles. The van der Waals surface area contributed by atoms with Crippen LogP contribution in [0.4, 0.5) is 4.39 Å². The van der Waals surface area contributed by atoms with E-state index in [0.717, 1.165) is 31.2 Å². The second-order valence-electron chi connectivity index (χ2n) is 6.52. The molecule has 1 unspecified atom stereocenters. The summed E-state index contributed by atoms with van der Waals surface area (Å²) in [6.45, 7) is 0.938. The molecule has 0 bridgehead atoms. The van der Waals surface area contributed by atoms with Gasteiger partial charge in [-0.2, -0.15) is 0 Å². The third-order valence-corrected chi connectivity index (χ3v) is 4.89. The van der Waals surface area contributed by atoms with Crippen LogP contribution in [0.25, 0.3) is 0 Å². The third kappa shape index (κ3) is 5.72. The molecule has 136 valence electrons. The monoisotopic (exact) mass is 358 g/mol. The van der Waals surface area contributed by atoms with Crippen LogP contribution < -0.4 is 11.1 Å². The molecule has 0 spiro atoms. The number of carbonyl (C=O) groups excluding carboxylic acids is 1. The molecule has 1 saturated carbocycles. The van der Waals surface area contributed by atoms with Gasteiger partial charge in [-0.25, -0.2) is 4.39 Å². The van der Waals surface area contributed by atoms with Gasteiger partial charge in [0.25, 0.3) is 0 Å². The lowest BCUT2D eigenvalue weighted by molar-refractivity contribution is -0.124. The summed E-state index contributed by atoms with van der Waals surface area (Å²) in [6.07, 6.45) is 5.80. The fourth-order valence-corrected chi connectivity index (χ4v) is 3.38. The van der Waals surface area contributed by atoms with Crippen LogP contribution in [-0.4, -0.2) is 26.1 Å². The summed E-state index contributed by atoms with van der Waals surface area (Å²) >= 11 is 0. The predicted molar refractivity (Wildman–Crippen MR) is 95.6 cm³/mol. The van der Waals surface area contributed by atoms with Gasteiger partial charge in [0.05, 0.1) is 6.10 Å². The molecule has 1 amide bonds. The molecule has 0 aromatic heterocycles. The number of rotatable bonds is 7. The number of halogens is 2. The molecule has 0 saturated heterocycles. The van der Waals surface area contributed by atoms with E-state index < -0.39 is 0 Å². The van der Waals surface area contributed by atoms with E-state index in [2.05, 4.69) is 5.32 Å². The smallest absolute Gasteiger partial charge is 0.220 e. The Labute approximate surface area is 149 Å². The maximum atomic E-state index is 13.0. The van der Waals surface area contributed by atoms with Gasteiger partial charge in [0, 0.05) is 20.1 Å². The molecular formula is C18H28ClFN2O2. The Balaban J connectivity index is 0.00000288. The summed E-state index contributed by atoms with van der Waals surface area (Å²) in [7, 11) is 1.59. The number of nitrogens with one attached hydrogen (secondary N) is 1.